The fourth-order valence-corrected chi connectivity index (χ4v) is 6.61. The number of hydrogen-bond acceptors (Lipinski definition) is 6. The van der Waals surface area contributed by atoms with Crippen molar-refractivity contribution in [1.82, 2.24) is 9.97 Å². The van der Waals surface area contributed by atoms with E-state index in [0.717, 1.165) is 39.0 Å². The van der Waals surface area contributed by atoms with Crippen molar-refractivity contribution in [3.63, 3.8) is 0 Å². The van der Waals surface area contributed by atoms with Crippen LogP contribution in [0, 0.1) is 0 Å². The van der Waals surface area contributed by atoms with Crippen molar-refractivity contribution in [3.8, 4) is 11.4 Å². The second kappa shape index (κ2) is 7.78. The Balaban J connectivity index is 1.58. The summed E-state index contributed by atoms with van der Waals surface area (Å²) >= 11 is 4.86. The van der Waals surface area contributed by atoms with Crippen molar-refractivity contribution >= 4 is 50.4 Å². The lowest BCUT2D eigenvalue weighted by Crippen LogP contribution is -2.02. The molecule has 1 aromatic carbocycles. The van der Waals surface area contributed by atoms with E-state index in [2.05, 4.69) is 0 Å². The van der Waals surface area contributed by atoms with E-state index in [0.29, 0.717) is 5.75 Å². The molecule has 3 heterocycles. The van der Waals surface area contributed by atoms with Gasteiger partial charge in [-0.2, -0.15) is 0 Å². The Bertz CT molecular complexity index is 1130. The van der Waals surface area contributed by atoms with Crippen LogP contribution in [0.3, 0.4) is 0 Å². The molecule has 5 rings (SSSR count). The monoisotopic (exact) mass is 422 g/mol. The third kappa shape index (κ3) is 3.41. The molecule has 0 amide bonds. The predicted octanol–water partition coefficient (Wildman–Crippen LogP) is 6.27. The fraction of sp³-hybridized carbons (Fsp3) is 0.227. The lowest BCUT2D eigenvalue weighted by atomic mass is 9.97. The topological polar surface area (TPSA) is 42.9 Å². The van der Waals surface area contributed by atoms with E-state index < -0.39 is 0 Å². The quantitative estimate of drug-likeness (QED) is 0.216. The number of Topliss-reactive ketones (excluding diaryl/α,β-unsaturated/α-hetero) is 1. The minimum absolute atomic E-state index is 0.164. The molecule has 4 aromatic rings. The Morgan fingerprint density at radius 1 is 1.04 bits per heavy atom. The highest BCUT2D eigenvalue weighted by molar-refractivity contribution is 8.00. The Morgan fingerprint density at radius 2 is 1.89 bits per heavy atom. The molecule has 1 aliphatic rings. The van der Waals surface area contributed by atoms with E-state index >= 15 is 0 Å². The van der Waals surface area contributed by atoms with Gasteiger partial charge in [-0.1, -0.05) is 48.2 Å². The maximum absolute atomic E-state index is 12.5. The standard InChI is InChI=1S/C22H18N2OS3/c25-16(18-11-6-12-26-18)13-27-21-19-15-9-4-5-10-17(15)28-22(19)24-20(23-21)14-7-2-1-3-8-14/h1-3,6-8,11-12H,4-5,9-10,13H2. The zero-order valence-electron chi connectivity index (χ0n) is 15.2. The number of aryl methyl sites for hydroxylation is 2. The number of benzene rings is 1. The molecule has 0 saturated heterocycles. The highest BCUT2D eigenvalue weighted by atomic mass is 32.2. The first-order valence-corrected chi connectivity index (χ1v) is 12.0. The molecule has 0 radical (unpaired) electrons. The Labute approximate surface area is 175 Å². The van der Waals surface area contributed by atoms with Gasteiger partial charge in [0.1, 0.15) is 9.86 Å². The molecule has 0 saturated carbocycles. The molecule has 6 heteroatoms. The third-order valence-electron chi connectivity index (χ3n) is 4.95. The van der Waals surface area contributed by atoms with Crippen molar-refractivity contribution < 1.29 is 4.79 Å². The average molecular weight is 423 g/mol. The third-order valence-corrected chi connectivity index (χ3v) is 8.02. The molecule has 140 valence electrons. The molecule has 3 aromatic heterocycles. The van der Waals surface area contributed by atoms with Gasteiger partial charge < -0.3 is 0 Å². The largest absolute Gasteiger partial charge is 0.292 e. The molecule has 0 fully saturated rings. The number of thioether (sulfide) groups is 1. The van der Waals surface area contributed by atoms with Gasteiger partial charge in [0, 0.05) is 15.8 Å². The summed E-state index contributed by atoms with van der Waals surface area (Å²) in [6, 6.07) is 13.9. The number of aromatic nitrogens is 2. The van der Waals surface area contributed by atoms with E-state index in [4.69, 9.17) is 9.97 Å². The van der Waals surface area contributed by atoms with E-state index in [-0.39, 0.29) is 5.78 Å². The SMILES string of the molecule is O=C(CSc1nc(-c2ccccc2)nc2sc3c(c12)CCCC3)c1cccs1. The lowest BCUT2D eigenvalue weighted by Gasteiger charge is -2.12. The van der Waals surface area contributed by atoms with Crippen LogP contribution in [0.1, 0.15) is 33.0 Å². The summed E-state index contributed by atoms with van der Waals surface area (Å²) in [4.78, 5) is 25.7. The van der Waals surface area contributed by atoms with Gasteiger partial charge in [0.05, 0.1) is 10.6 Å². The molecule has 0 unspecified atom stereocenters. The Hall–Kier alpha value is -2.02. The Morgan fingerprint density at radius 3 is 2.71 bits per heavy atom. The number of thiophene rings is 2. The van der Waals surface area contributed by atoms with Gasteiger partial charge >= 0.3 is 0 Å². The number of nitrogens with zero attached hydrogens (tertiary/aromatic N) is 2. The van der Waals surface area contributed by atoms with Crippen LogP contribution in [-0.2, 0) is 12.8 Å². The fourth-order valence-electron chi connectivity index (χ4n) is 3.59. The molecule has 3 nitrogen and oxygen atoms in total. The van der Waals surface area contributed by atoms with E-state index in [1.165, 1.54) is 40.0 Å². The molecule has 0 atom stereocenters. The number of fused-ring (bicyclic) bond motifs is 3. The first-order valence-electron chi connectivity index (χ1n) is 9.37. The number of ketones is 1. The van der Waals surface area contributed by atoms with E-state index in [1.807, 2.05) is 59.2 Å². The molecule has 1 aliphatic carbocycles. The minimum Gasteiger partial charge on any atom is -0.292 e. The van der Waals surface area contributed by atoms with E-state index in [1.54, 1.807) is 11.8 Å². The van der Waals surface area contributed by atoms with Crippen LogP contribution in [-0.4, -0.2) is 21.5 Å². The predicted molar refractivity (Wildman–Crippen MR) is 119 cm³/mol. The van der Waals surface area contributed by atoms with Crippen LogP contribution in [0.4, 0.5) is 0 Å². The normalized spacial score (nSPS) is 13.6. The second-order valence-corrected chi connectivity index (χ2v) is 9.79. The average Bonchev–Trinajstić information content (AvgIpc) is 3.40. The lowest BCUT2D eigenvalue weighted by molar-refractivity contribution is 0.102. The summed E-state index contributed by atoms with van der Waals surface area (Å²) in [5, 5.41) is 4.08. The van der Waals surface area contributed by atoms with Crippen molar-refractivity contribution in [2.45, 2.75) is 30.7 Å². The number of carbonyl (C=O) groups is 1. The summed E-state index contributed by atoms with van der Waals surface area (Å²) in [5.74, 6) is 1.32. The van der Waals surface area contributed by atoms with Crippen molar-refractivity contribution in [2.24, 2.45) is 0 Å². The molecular weight excluding hydrogens is 404 g/mol. The molecule has 0 N–H and O–H groups in total. The van der Waals surface area contributed by atoms with Gasteiger partial charge in [-0.05, 0) is 42.7 Å². The molecule has 0 bridgehead atoms. The summed E-state index contributed by atoms with van der Waals surface area (Å²) < 4.78 is 0. The minimum atomic E-state index is 0.164. The highest BCUT2D eigenvalue weighted by Gasteiger charge is 2.22. The number of hydrogen-bond donors (Lipinski definition) is 0. The van der Waals surface area contributed by atoms with Crippen LogP contribution in [0.15, 0.2) is 52.9 Å². The maximum Gasteiger partial charge on any atom is 0.183 e. The summed E-state index contributed by atoms with van der Waals surface area (Å²) in [5.41, 5.74) is 2.43. The molecular formula is C22H18N2OS3. The molecule has 28 heavy (non-hydrogen) atoms. The Kier molecular flexibility index (Phi) is 5.01. The van der Waals surface area contributed by atoms with Gasteiger partial charge in [0.25, 0.3) is 0 Å². The van der Waals surface area contributed by atoms with Crippen molar-refractivity contribution in [3.05, 3.63) is 63.2 Å². The summed E-state index contributed by atoms with van der Waals surface area (Å²) in [7, 11) is 0. The van der Waals surface area contributed by atoms with Crippen LogP contribution in [0.25, 0.3) is 21.6 Å². The maximum atomic E-state index is 12.5. The van der Waals surface area contributed by atoms with Crippen LogP contribution in [0.2, 0.25) is 0 Å². The van der Waals surface area contributed by atoms with Gasteiger partial charge in [-0.15, -0.1) is 22.7 Å². The van der Waals surface area contributed by atoms with Crippen LogP contribution in [0.5, 0.6) is 0 Å². The van der Waals surface area contributed by atoms with Gasteiger partial charge in [-0.25, -0.2) is 9.97 Å². The molecule has 0 aliphatic heterocycles. The smallest absolute Gasteiger partial charge is 0.183 e. The summed E-state index contributed by atoms with van der Waals surface area (Å²) in [6.45, 7) is 0. The highest BCUT2D eigenvalue weighted by Crippen LogP contribution is 2.40. The van der Waals surface area contributed by atoms with Crippen LogP contribution < -0.4 is 0 Å². The summed E-state index contributed by atoms with van der Waals surface area (Å²) in [6.07, 6.45) is 4.70. The van der Waals surface area contributed by atoms with Crippen LogP contribution >= 0.6 is 34.4 Å². The van der Waals surface area contributed by atoms with Gasteiger partial charge in [0.2, 0.25) is 0 Å². The molecule has 0 spiro atoms. The van der Waals surface area contributed by atoms with Gasteiger partial charge in [0.15, 0.2) is 11.6 Å². The number of rotatable bonds is 5. The van der Waals surface area contributed by atoms with E-state index in [9.17, 15) is 4.79 Å². The zero-order chi connectivity index (χ0) is 18.9. The van der Waals surface area contributed by atoms with Gasteiger partial charge in [-0.3, -0.25) is 4.79 Å². The number of carbonyl (C=O) groups excluding carboxylic acids is 1. The first kappa shape index (κ1) is 18.0. The van der Waals surface area contributed by atoms with Crippen molar-refractivity contribution in [1.29, 1.82) is 0 Å². The zero-order valence-corrected chi connectivity index (χ0v) is 17.6. The van der Waals surface area contributed by atoms with Crippen molar-refractivity contribution in [2.75, 3.05) is 5.75 Å². The second-order valence-electron chi connectivity index (χ2n) is 6.80. The first-order chi connectivity index (χ1) is 13.8.